The van der Waals surface area contributed by atoms with Gasteiger partial charge in [0.1, 0.15) is 11.1 Å². The van der Waals surface area contributed by atoms with Crippen LogP contribution in [0.4, 0.5) is 19.1 Å². The first-order chi connectivity index (χ1) is 16.3. The van der Waals surface area contributed by atoms with E-state index in [4.69, 9.17) is 4.52 Å². The van der Waals surface area contributed by atoms with Gasteiger partial charge in [0.25, 0.3) is 6.20 Å². The van der Waals surface area contributed by atoms with Gasteiger partial charge in [-0.05, 0) is 31.2 Å². The van der Waals surface area contributed by atoms with Crippen molar-refractivity contribution in [2.45, 2.75) is 30.5 Å². The summed E-state index contributed by atoms with van der Waals surface area (Å²) in [7, 11) is 0. The molecule has 0 bridgehead atoms. The summed E-state index contributed by atoms with van der Waals surface area (Å²) in [6.07, 6.45) is -0.0912. The number of nitriles is 1. The van der Waals surface area contributed by atoms with E-state index < -0.39 is 23.2 Å². The molecule has 3 aromatic rings. The standard InChI is InChI=1S/C22H19F3N6O2S/c23-22(24,25)17-11-18(15-7-3-1-4-8-15)27-21(16(17)12-26)34-14-19(32)28-20-13-31(29-33-20)30-9-5-2-6-10-30/h1,3-4,7-8,11,13H,2,5-6,9-10,14H2. The van der Waals surface area contributed by atoms with Crippen molar-refractivity contribution in [3.05, 3.63) is 53.7 Å². The number of nitrogens with zero attached hydrogens (tertiary/aromatic N) is 6. The average molecular weight is 488 g/mol. The zero-order chi connectivity index (χ0) is 24.1. The molecule has 0 radical (unpaired) electrons. The van der Waals surface area contributed by atoms with Crippen LogP contribution in [-0.2, 0) is 6.18 Å². The number of hydrogen-bond donors (Lipinski definition) is 0. The van der Waals surface area contributed by atoms with Crippen LogP contribution in [0.1, 0.15) is 30.4 Å². The van der Waals surface area contributed by atoms with E-state index in [-0.39, 0.29) is 22.4 Å². The van der Waals surface area contributed by atoms with Gasteiger partial charge >= 0.3 is 12.1 Å². The molecule has 0 N–H and O–H groups in total. The maximum atomic E-state index is 13.7. The summed E-state index contributed by atoms with van der Waals surface area (Å²) in [6, 6.07) is 10.7. The predicted octanol–water partition coefficient (Wildman–Crippen LogP) is 3.22. The lowest BCUT2D eigenvalue weighted by atomic mass is 10.1. The molecule has 1 saturated heterocycles. The Balaban J connectivity index is 1.57. The first-order valence-electron chi connectivity index (χ1n) is 10.4. The SMILES string of the molecule is N#Cc1c(C(F)(F)F)cc(-c2ccccc2)nc1SC/C([O-])=N/c1c[n+](N2CCCCC2)no1. The van der Waals surface area contributed by atoms with Gasteiger partial charge in [0.05, 0.1) is 34.7 Å². The lowest BCUT2D eigenvalue weighted by Crippen LogP contribution is -2.60. The molecule has 0 saturated carbocycles. The largest absolute Gasteiger partial charge is 0.861 e. The first kappa shape index (κ1) is 23.6. The van der Waals surface area contributed by atoms with Crippen LogP contribution in [0.2, 0.25) is 0 Å². The number of thioether (sulfide) groups is 1. The number of aliphatic imine (C=N–C) groups is 1. The Morgan fingerprint density at radius 2 is 1.97 bits per heavy atom. The molecule has 0 spiro atoms. The number of alkyl halides is 3. The van der Waals surface area contributed by atoms with Crippen molar-refractivity contribution in [3.63, 3.8) is 0 Å². The molecule has 2 aromatic heterocycles. The van der Waals surface area contributed by atoms with Crippen LogP contribution in [0.3, 0.4) is 0 Å². The normalized spacial score (nSPS) is 14.8. The van der Waals surface area contributed by atoms with Crippen molar-refractivity contribution in [2.75, 3.05) is 23.9 Å². The fourth-order valence-electron chi connectivity index (χ4n) is 3.49. The molecule has 4 rings (SSSR count). The van der Waals surface area contributed by atoms with Gasteiger partial charge in [-0.3, -0.25) is 4.52 Å². The molecule has 8 nitrogen and oxygen atoms in total. The minimum absolute atomic E-state index is 0.0151. The molecule has 1 aromatic carbocycles. The van der Waals surface area contributed by atoms with Crippen molar-refractivity contribution in [3.8, 4) is 17.3 Å². The van der Waals surface area contributed by atoms with Gasteiger partial charge in [-0.25, -0.2) is 9.98 Å². The molecule has 0 atom stereocenters. The van der Waals surface area contributed by atoms with E-state index in [9.17, 15) is 23.5 Å². The van der Waals surface area contributed by atoms with Gasteiger partial charge in [-0.15, -0.1) is 0 Å². The highest BCUT2D eigenvalue weighted by Gasteiger charge is 2.36. The second kappa shape index (κ2) is 10.1. The highest BCUT2D eigenvalue weighted by Crippen LogP contribution is 2.37. The van der Waals surface area contributed by atoms with Gasteiger partial charge in [-0.2, -0.15) is 23.4 Å². The van der Waals surface area contributed by atoms with Gasteiger partial charge in [0.2, 0.25) is 5.27 Å². The molecule has 176 valence electrons. The van der Waals surface area contributed by atoms with Crippen LogP contribution in [0.15, 0.2) is 57.1 Å². The summed E-state index contributed by atoms with van der Waals surface area (Å²) in [5.41, 5.74) is -1.22. The second-order valence-electron chi connectivity index (χ2n) is 7.48. The third-order valence-electron chi connectivity index (χ3n) is 5.11. The Morgan fingerprint density at radius 3 is 2.65 bits per heavy atom. The minimum atomic E-state index is -4.76. The molecule has 0 unspecified atom stereocenters. The van der Waals surface area contributed by atoms with Crippen LogP contribution in [-0.4, -0.2) is 35.0 Å². The summed E-state index contributed by atoms with van der Waals surface area (Å²) in [6.45, 7) is 1.62. The number of piperidine rings is 1. The Bertz CT molecular complexity index is 1220. The minimum Gasteiger partial charge on any atom is -0.861 e. The van der Waals surface area contributed by atoms with E-state index in [2.05, 4.69) is 15.2 Å². The lowest BCUT2D eigenvalue weighted by Gasteiger charge is -2.17. The number of benzene rings is 1. The third-order valence-corrected chi connectivity index (χ3v) is 6.07. The van der Waals surface area contributed by atoms with E-state index in [1.165, 1.54) is 11.0 Å². The van der Waals surface area contributed by atoms with Gasteiger partial charge in [0.15, 0.2) is 0 Å². The number of rotatable bonds is 6. The Hall–Kier alpha value is -3.59. The third kappa shape index (κ3) is 5.48. The highest BCUT2D eigenvalue weighted by atomic mass is 32.2. The average Bonchev–Trinajstić information content (AvgIpc) is 3.31. The van der Waals surface area contributed by atoms with Crippen molar-refractivity contribution >= 4 is 23.5 Å². The van der Waals surface area contributed by atoms with Gasteiger partial charge in [-0.1, -0.05) is 42.1 Å². The van der Waals surface area contributed by atoms with Gasteiger partial charge in [0, 0.05) is 11.3 Å². The van der Waals surface area contributed by atoms with E-state index in [0.717, 1.165) is 38.4 Å². The molecule has 1 aliphatic rings. The zero-order valence-electron chi connectivity index (χ0n) is 17.8. The van der Waals surface area contributed by atoms with Crippen LogP contribution in [0.5, 0.6) is 0 Å². The van der Waals surface area contributed by atoms with E-state index in [1.807, 2.05) is 5.01 Å². The summed E-state index contributed by atoms with van der Waals surface area (Å²) in [4.78, 5) is 9.55. The van der Waals surface area contributed by atoms with Gasteiger partial charge < -0.3 is 5.11 Å². The van der Waals surface area contributed by atoms with Crippen molar-refractivity contribution in [2.24, 2.45) is 4.99 Å². The van der Waals surface area contributed by atoms with E-state index in [0.29, 0.717) is 17.3 Å². The van der Waals surface area contributed by atoms with Crippen LogP contribution in [0.25, 0.3) is 11.3 Å². The van der Waals surface area contributed by atoms with Crippen molar-refractivity contribution in [1.29, 1.82) is 5.26 Å². The Labute approximate surface area is 197 Å². The number of pyridine rings is 1. The Kier molecular flexibility index (Phi) is 7.02. The maximum absolute atomic E-state index is 13.7. The topological polar surface area (TPSA) is 105 Å². The smallest absolute Gasteiger partial charge is 0.417 e. The molecular weight excluding hydrogens is 469 g/mol. The van der Waals surface area contributed by atoms with Crippen LogP contribution in [0, 0.1) is 11.3 Å². The Morgan fingerprint density at radius 1 is 1.24 bits per heavy atom. The fourth-order valence-corrected chi connectivity index (χ4v) is 4.28. The molecule has 12 heteroatoms. The maximum Gasteiger partial charge on any atom is 0.417 e. The zero-order valence-corrected chi connectivity index (χ0v) is 18.6. The molecule has 1 fully saturated rings. The van der Waals surface area contributed by atoms with E-state index >= 15 is 0 Å². The predicted molar refractivity (Wildman–Crippen MR) is 116 cm³/mol. The van der Waals surface area contributed by atoms with Crippen LogP contribution < -0.4 is 14.9 Å². The number of halogens is 3. The number of aromatic nitrogens is 3. The van der Waals surface area contributed by atoms with E-state index in [1.54, 1.807) is 36.4 Å². The monoisotopic (exact) mass is 488 g/mol. The summed E-state index contributed by atoms with van der Waals surface area (Å²) in [5.74, 6) is -1.00. The second-order valence-corrected chi connectivity index (χ2v) is 8.44. The number of hydrogen-bond acceptors (Lipinski definition) is 8. The molecule has 1 aliphatic heterocycles. The molecule has 34 heavy (non-hydrogen) atoms. The molecule has 0 aliphatic carbocycles. The summed E-state index contributed by atoms with van der Waals surface area (Å²) in [5, 5.41) is 27.4. The highest BCUT2D eigenvalue weighted by molar-refractivity contribution is 7.99. The summed E-state index contributed by atoms with van der Waals surface area (Å²) >= 11 is 0.717. The first-order valence-corrected chi connectivity index (χ1v) is 11.4. The quantitative estimate of drug-likeness (QED) is 0.227. The molecule has 3 heterocycles. The molecular formula is C22H19F3N6O2S. The van der Waals surface area contributed by atoms with Crippen molar-refractivity contribution in [1.82, 2.24) is 10.3 Å². The lowest BCUT2D eigenvalue weighted by molar-refractivity contribution is -0.759. The fraction of sp³-hybridized carbons (Fsp3) is 0.318. The van der Waals surface area contributed by atoms with Crippen LogP contribution >= 0.6 is 11.8 Å². The molecule has 0 amide bonds. The van der Waals surface area contributed by atoms with Crippen molar-refractivity contribution < 1.29 is 27.6 Å². The summed E-state index contributed by atoms with van der Waals surface area (Å²) < 4.78 is 46.0.